The molecular weight excluding hydrogens is 324 g/mol. The van der Waals surface area contributed by atoms with E-state index in [1.54, 1.807) is 6.08 Å². The van der Waals surface area contributed by atoms with Crippen LogP contribution in [-0.2, 0) is 14.3 Å². The Morgan fingerprint density at radius 1 is 1.46 bits per heavy atom. The van der Waals surface area contributed by atoms with Crippen LogP contribution in [-0.4, -0.2) is 24.7 Å². The lowest BCUT2D eigenvalue weighted by Gasteiger charge is -2.30. The van der Waals surface area contributed by atoms with Gasteiger partial charge in [-0.3, -0.25) is 9.59 Å². The molecule has 1 aromatic carbocycles. The molecule has 0 aromatic heterocycles. The molecule has 1 aliphatic heterocycles. The lowest BCUT2D eigenvalue weighted by molar-refractivity contribution is -0.150. The third-order valence-corrected chi connectivity index (χ3v) is 4.78. The molecule has 1 aliphatic rings. The van der Waals surface area contributed by atoms with E-state index in [1.165, 1.54) is 18.9 Å². The van der Waals surface area contributed by atoms with E-state index in [2.05, 4.69) is 18.0 Å². The summed E-state index contributed by atoms with van der Waals surface area (Å²) >= 11 is 1.31. The summed E-state index contributed by atoms with van der Waals surface area (Å²) in [6.45, 7) is 5.59. The zero-order valence-electron chi connectivity index (χ0n) is 13.5. The summed E-state index contributed by atoms with van der Waals surface area (Å²) in [5, 5.41) is 12.8. The molecule has 0 bridgehead atoms. The fourth-order valence-corrected chi connectivity index (χ4v) is 3.38. The maximum atomic E-state index is 12.5. The van der Waals surface area contributed by atoms with Gasteiger partial charge in [-0.2, -0.15) is 5.26 Å². The normalized spacial score (nSPS) is 20.1. The summed E-state index contributed by atoms with van der Waals surface area (Å²) < 4.78 is 4.79. The Hall–Kier alpha value is -2.52. The van der Waals surface area contributed by atoms with Crippen molar-refractivity contribution < 1.29 is 14.3 Å². The second-order valence-corrected chi connectivity index (χ2v) is 6.36. The molecule has 1 amide bonds. The summed E-state index contributed by atoms with van der Waals surface area (Å²) in [5.41, 5.74) is 2.15. The van der Waals surface area contributed by atoms with Gasteiger partial charge in [-0.15, -0.1) is 18.3 Å². The van der Waals surface area contributed by atoms with Crippen LogP contribution in [0.4, 0.5) is 0 Å². The van der Waals surface area contributed by atoms with E-state index in [0.717, 1.165) is 11.1 Å². The number of carbonyl (C=O) groups excluding carboxylic acids is 2. The number of nitriles is 1. The Morgan fingerprint density at radius 2 is 2.12 bits per heavy atom. The number of allylic oxidation sites excluding steroid dienone is 1. The predicted molar refractivity (Wildman–Crippen MR) is 92.9 cm³/mol. The van der Waals surface area contributed by atoms with Crippen molar-refractivity contribution >= 4 is 23.6 Å². The standard InChI is InChI=1S/C18H18N2O3S/c1-4-9-24-17-13(10-19)14(12-7-5-11(2)6-8-12)15(16(21)20-17)18(22)23-3/h4-8,14-15H,1,9H2,2-3H3,(H,20,21). The first-order valence-corrected chi connectivity index (χ1v) is 8.35. The van der Waals surface area contributed by atoms with Gasteiger partial charge < -0.3 is 10.1 Å². The Kier molecular flexibility index (Phi) is 5.83. The minimum atomic E-state index is -1.08. The second kappa shape index (κ2) is 7.84. The number of esters is 1. The van der Waals surface area contributed by atoms with Crippen LogP contribution in [0.15, 0.2) is 47.5 Å². The van der Waals surface area contributed by atoms with E-state index in [0.29, 0.717) is 16.4 Å². The Labute approximate surface area is 145 Å². The van der Waals surface area contributed by atoms with Crippen LogP contribution < -0.4 is 5.32 Å². The fourth-order valence-electron chi connectivity index (χ4n) is 2.60. The van der Waals surface area contributed by atoms with E-state index in [9.17, 15) is 14.9 Å². The molecule has 0 spiro atoms. The number of nitrogens with zero attached hydrogens (tertiary/aromatic N) is 1. The molecule has 2 atom stereocenters. The molecule has 6 heteroatoms. The molecule has 2 rings (SSSR count). The number of rotatable bonds is 5. The number of amides is 1. The van der Waals surface area contributed by atoms with Crippen LogP contribution in [0.2, 0.25) is 0 Å². The average molecular weight is 342 g/mol. The Bertz CT molecular complexity index is 732. The third-order valence-electron chi connectivity index (χ3n) is 3.77. The Balaban J connectivity index is 2.59. The van der Waals surface area contributed by atoms with Crippen LogP contribution in [0.3, 0.4) is 0 Å². The van der Waals surface area contributed by atoms with Crippen molar-refractivity contribution in [3.05, 3.63) is 58.6 Å². The van der Waals surface area contributed by atoms with Crippen molar-refractivity contribution in [2.75, 3.05) is 12.9 Å². The van der Waals surface area contributed by atoms with Crippen molar-refractivity contribution in [2.45, 2.75) is 12.8 Å². The maximum Gasteiger partial charge on any atom is 0.319 e. The zero-order chi connectivity index (χ0) is 17.7. The summed E-state index contributed by atoms with van der Waals surface area (Å²) in [6, 6.07) is 9.61. The SMILES string of the molecule is C=CCSC1=C(C#N)C(c2ccc(C)cc2)C(C(=O)OC)C(=O)N1. The van der Waals surface area contributed by atoms with Crippen LogP contribution in [0.25, 0.3) is 0 Å². The molecule has 1 heterocycles. The summed E-state index contributed by atoms with van der Waals surface area (Å²) in [5.74, 6) is -2.31. The van der Waals surface area contributed by atoms with E-state index in [-0.39, 0.29) is 0 Å². The van der Waals surface area contributed by atoms with Crippen LogP contribution >= 0.6 is 11.8 Å². The number of aryl methyl sites for hydroxylation is 1. The summed E-state index contributed by atoms with van der Waals surface area (Å²) in [4.78, 5) is 24.7. The topological polar surface area (TPSA) is 79.2 Å². The first kappa shape index (κ1) is 17.8. The molecule has 1 N–H and O–H groups in total. The molecular formula is C18H18N2O3S. The van der Waals surface area contributed by atoms with Gasteiger partial charge >= 0.3 is 5.97 Å². The highest BCUT2D eigenvalue weighted by Crippen LogP contribution is 2.40. The summed E-state index contributed by atoms with van der Waals surface area (Å²) in [7, 11) is 1.24. The van der Waals surface area contributed by atoms with Gasteiger partial charge in [-0.1, -0.05) is 35.9 Å². The molecule has 24 heavy (non-hydrogen) atoms. The first-order valence-electron chi connectivity index (χ1n) is 7.36. The number of methoxy groups -OCH3 is 1. The predicted octanol–water partition coefficient (Wildman–Crippen LogP) is 2.65. The van der Waals surface area contributed by atoms with E-state index in [4.69, 9.17) is 4.74 Å². The molecule has 2 unspecified atom stereocenters. The van der Waals surface area contributed by atoms with Gasteiger partial charge in [0, 0.05) is 11.7 Å². The highest BCUT2D eigenvalue weighted by molar-refractivity contribution is 8.03. The van der Waals surface area contributed by atoms with Gasteiger partial charge in [0.2, 0.25) is 5.91 Å². The number of nitrogens with one attached hydrogen (secondary N) is 1. The lowest BCUT2D eigenvalue weighted by atomic mass is 9.78. The van der Waals surface area contributed by atoms with Crippen molar-refractivity contribution in [1.29, 1.82) is 5.26 Å². The van der Waals surface area contributed by atoms with Crippen molar-refractivity contribution in [3.63, 3.8) is 0 Å². The maximum absolute atomic E-state index is 12.5. The van der Waals surface area contributed by atoms with Gasteiger partial charge in [0.1, 0.15) is 5.92 Å². The Morgan fingerprint density at radius 3 is 2.67 bits per heavy atom. The zero-order valence-corrected chi connectivity index (χ0v) is 14.4. The quantitative estimate of drug-likeness (QED) is 0.505. The van der Waals surface area contributed by atoms with Crippen LogP contribution in [0, 0.1) is 24.2 Å². The molecule has 0 aliphatic carbocycles. The third kappa shape index (κ3) is 3.52. The highest BCUT2D eigenvalue weighted by atomic mass is 32.2. The van der Waals surface area contributed by atoms with Crippen molar-refractivity contribution in [1.82, 2.24) is 5.32 Å². The van der Waals surface area contributed by atoms with E-state index >= 15 is 0 Å². The van der Waals surface area contributed by atoms with Gasteiger partial charge in [-0.05, 0) is 12.5 Å². The number of benzene rings is 1. The minimum absolute atomic E-state index is 0.362. The molecule has 0 saturated heterocycles. The smallest absolute Gasteiger partial charge is 0.319 e. The fraction of sp³-hybridized carbons (Fsp3) is 0.278. The number of hydrogen-bond acceptors (Lipinski definition) is 5. The number of carbonyl (C=O) groups is 2. The molecule has 1 aromatic rings. The average Bonchev–Trinajstić information content (AvgIpc) is 2.59. The first-order chi connectivity index (χ1) is 11.5. The number of thioether (sulfide) groups is 1. The highest BCUT2D eigenvalue weighted by Gasteiger charge is 2.44. The monoisotopic (exact) mass is 342 g/mol. The van der Waals surface area contributed by atoms with Crippen molar-refractivity contribution in [2.24, 2.45) is 5.92 Å². The molecule has 5 nitrogen and oxygen atoms in total. The molecule has 124 valence electrons. The second-order valence-electron chi connectivity index (χ2n) is 5.33. The number of ether oxygens (including phenoxy) is 1. The van der Waals surface area contributed by atoms with Gasteiger partial charge in [0.25, 0.3) is 0 Å². The molecule has 0 radical (unpaired) electrons. The van der Waals surface area contributed by atoms with Crippen LogP contribution in [0.5, 0.6) is 0 Å². The van der Waals surface area contributed by atoms with E-state index < -0.39 is 23.7 Å². The van der Waals surface area contributed by atoms with Gasteiger partial charge in [-0.25, -0.2) is 0 Å². The minimum Gasteiger partial charge on any atom is -0.468 e. The van der Waals surface area contributed by atoms with Crippen molar-refractivity contribution in [3.8, 4) is 6.07 Å². The van der Waals surface area contributed by atoms with E-state index in [1.807, 2.05) is 31.2 Å². The number of hydrogen-bond donors (Lipinski definition) is 1. The van der Waals surface area contributed by atoms with Crippen LogP contribution in [0.1, 0.15) is 17.0 Å². The van der Waals surface area contributed by atoms with Gasteiger partial charge in [0.05, 0.1) is 23.8 Å². The largest absolute Gasteiger partial charge is 0.468 e. The molecule has 0 fully saturated rings. The summed E-state index contributed by atoms with van der Waals surface area (Å²) in [6.07, 6.45) is 1.69. The molecule has 0 saturated carbocycles. The lowest BCUT2D eigenvalue weighted by Crippen LogP contribution is -2.44. The van der Waals surface area contributed by atoms with Gasteiger partial charge in [0.15, 0.2) is 0 Å².